The van der Waals surface area contributed by atoms with Crippen LogP contribution in [0.1, 0.15) is 74.6 Å². The van der Waals surface area contributed by atoms with E-state index in [9.17, 15) is 4.79 Å². The lowest BCUT2D eigenvalue weighted by Gasteiger charge is -2.34. The van der Waals surface area contributed by atoms with Crippen molar-refractivity contribution >= 4 is 22.6 Å². The Hall–Kier alpha value is -3.59. The number of likely N-dealkylation sites (tertiary alicyclic amines) is 2. The number of nitrogens with one attached hydrogen (secondary N) is 1. The minimum atomic E-state index is -0.595. The summed E-state index contributed by atoms with van der Waals surface area (Å²) in [5.41, 5.74) is 7.71. The number of nitrogens with zero attached hydrogens (tertiary/aromatic N) is 4. The molecule has 6 nitrogen and oxygen atoms in total. The Kier molecular flexibility index (Phi) is 7.05. The van der Waals surface area contributed by atoms with Crippen LogP contribution in [0.5, 0.6) is 0 Å². The number of H-pyrrole nitrogens is 1. The predicted octanol–water partition coefficient (Wildman–Crippen LogP) is 6.43. The van der Waals surface area contributed by atoms with E-state index in [4.69, 9.17) is 5.26 Å². The maximum atomic E-state index is 13.5. The first-order chi connectivity index (χ1) is 18.2. The third-order valence-corrected chi connectivity index (χ3v) is 8.50. The number of hydrogen-bond acceptors (Lipinski definition) is 3. The quantitative estimate of drug-likeness (QED) is 0.250. The molecule has 6 heteroatoms. The maximum absolute atomic E-state index is 13.5. The number of aromatic nitrogens is 1. The van der Waals surface area contributed by atoms with Crippen LogP contribution < -0.4 is 0 Å². The maximum Gasteiger partial charge on any atom is 0.232 e. The molecule has 1 unspecified atom stereocenters. The smallest absolute Gasteiger partial charge is 0.232 e. The summed E-state index contributed by atoms with van der Waals surface area (Å²) in [5, 5.41) is 10.3. The summed E-state index contributed by atoms with van der Waals surface area (Å²) in [6.07, 6.45) is 6.25. The van der Waals surface area contributed by atoms with E-state index in [-0.39, 0.29) is 11.8 Å². The summed E-state index contributed by atoms with van der Waals surface area (Å²) in [7, 11) is 0. The third kappa shape index (κ3) is 4.82. The van der Waals surface area contributed by atoms with Crippen LogP contribution in [0.2, 0.25) is 0 Å². The number of carbonyl (C=O) groups excluding carboxylic acids is 1. The largest absolute Gasteiger partial charge is 0.359 e. The molecule has 1 amide bonds. The van der Waals surface area contributed by atoms with Gasteiger partial charge in [-0.05, 0) is 101 Å². The molecule has 38 heavy (non-hydrogen) atoms. The molecule has 2 aliphatic rings. The molecule has 3 heterocycles. The van der Waals surface area contributed by atoms with Crippen molar-refractivity contribution in [2.75, 3.05) is 26.2 Å². The molecule has 2 saturated heterocycles. The number of aromatic amines is 1. The summed E-state index contributed by atoms with van der Waals surface area (Å²) in [4.78, 5) is 25.6. The Bertz CT molecular complexity index is 1410. The monoisotopic (exact) mass is 509 g/mol. The SMILES string of the molecule is CC(=NC#N)N1CCCC(c2c(-c3cc(C)cc(C)c3)[nH]c3ccc(C(C)(C)C(=O)N4CCCC4)cc23)C1. The van der Waals surface area contributed by atoms with E-state index in [1.807, 2.05) is 18.0 Å². The summed E-state index contributed by atoms with van der Waals surface area (Å²) in [6.45, 7) is 13.8. The molecule has 2 aliphatic heterocycles. The average Bonchev–Trinajstić information content (AvgIpc) is 3.56. The van der Waals surface area contributed by atoms with Crippen LogP contribution in [-0.4, -0.2) is 52.7 Å². The van der Waals surface area contributed by atoms with E-state index in [1.165, 1.54) is 27.6 Å². The molecule has 2 aromatic carbocycles. The first-order valence-electron chi connectivity index (χ1n) is 13.9. The van der Waals surface area contributed by atoms with E-state index < -0.39 is 5.41 Å². The summed E-state index contributed by atoms with van der Waals surface area (Å²) < 4.78 is 0. The van der Waals surface area contributed by atoms with Gasteiger partial charge in [0.1, 0.15) is 5.84 Å². The minimum absolute atomic E-state index is 0.216. The highest BCUT2D eigenvalue weighted by atomic mass is 16.2. The number of carbonyl (C=O) groups is 1. The highest BCUT2D eigenvalue weighted by molar-refractivity contribution is 5.95. The zero-order valence-corrected chi connectivity index (χ0v) is 23.4. The van der Waals surface area contributed by atoms with E-state index in [2.05, 4.69) is 79.0 Å². The molecule has 0 radical (unpaired) electrons. The standard InChI is InChI=1S/C32H39N5O/c1-21-15-22(2)17-25(16-21)30-29(24-9-8-14-37(19-24)23(3)34-20-33)27-18-26(10-11-28(27)35-30)32(4,5)31(38)36-12-6-7-13-36/h10-11,15-18,24,35H,6-9,12-14,19H2,1-5H3. The Morgan fingerprint density at radius 2 is 1.71 bits per heavy atom. The fourth-order valence-electron chi connectivity index (χ4n) is 6.46. The van der Waals surface area contributed by atoms with Crippen LogP contribution in [0.4, 0.5) is 0 Å². The molecule has 0 aliphatic carbocycles. The lowest BCUT2D eigenvalue weighted by Crippen LogP contribution is -2.41. The van der Waals surface area contributed by atoms with Gasteiger partial charge in [0.05, 0.1) is 11.1 Å². The van der Waals surface area contributed by atoms with Crippen molar-refractivity contribution in [2.24, 2.45) is 4.99 Å². The lowest BCUT2D eigenvalue weighted by molar-refractivity contribution is -0.135. The van der Waals surface area contributed by atoms with E-state index in [0.29, 0.717) is 0 Å². The Morgan fingerprint density at radius 1 is 1.03 bits per heavy atom. The molecule has 1 aromatic heterocycles. The van der Waals surface area contributed by atoms with Gasteiger partial charge in [0, 0.05) is 43.0 Å². The van der Waals surface area contributed by atoms with Crippen molar-refractivity contribution in [1.82, 2.24) is 14.8 Å². The molecule has 1 atom stereocenters. The molecule has 3 aromatic rings. The first kappa shape index (κ1) is 26.0. The second-order valence-corrected chi connectivity index (χ2v) is 11.7. The van der Waals surface area contributed by atoms with Gasteiger partial charge in [-0.25, -0.2) is 0 Å². The van der Waals surface area contributed by atoms with Gasteiger partial charge in [0.15, 0.2) is 0 Å². The Labute approximate surface area is 226 Å². The molecule has 2 fully saturated rings. The molecule has 198 valence electrons. The number of aryl methyl sites for hydroxylation is 2. The Morgan fingerprint density at radius 3 is 2.39 bits per heavy atom. The number of rotatable bonds is 4. The van der Waals surface area contributed by atoms with Crippen LogP contribution >= 0.6 is 0 Å². The number of aliphatic imine (C=N–C) groups is 1. The second kappa shape index (κ2) is 10.3. The van der Waals surface area contributed by atoms with Gasteiger partial charge in [-0.15, -0.1) is 0 Å². The number of nitriles is 1. The van der Waals surface area contributed by atoms with E-state index >= 15 is 0 Å². The molecule has 5 rings (SSSR count). The van der Waals surface area contributed by atoms with Crippen molar-refractivity contribution in [2.45, 2.75) is 71.6 Å². The summed E-state index contributed by atoms with van der Waals surface area (Å²) >= 11 is 0. The number of hydrogen-bond donors (Lipinski definition) is 1. The minimum Gasteiger partial charge on any atom is -0.359 e. The van der Waals surface area contributed by atoms with Crippen molar-refractivity contribution in [3.8, 4) is 17.5 Å². The van der Waals surface area contributed by atoms with Gasteiger partial charge in [-0.1, -0.05) is 23.3 Å². The molecule has 0 saturated carbocycles. The lowest BCUT2D eigenvalue weighted by atomic mass is 9.81. The zero-order valence-electron chi connectivity index (χ0n) is 23.4. The van der Waals surface area contributed by atoms with Gasteiger partial charge in [0.25, 0.3) is 0 Å². The van der Waals surface area contributed by atoms with Crippen LogP contribution in [-0.2, 0) is 10.2 Å². The van der Waals surface area contributed by atoms with Crippen LogP contribution in [0, 0.1) is 25.3 Å². The topological polar surface area (TPSA) is 75.5 Å². The highest BCUT2D eigenvalue weighted by Crippen LogP contribution is 2.41. The molecular weight excluding hydrogens is 470 g/mol. The summed E-state index contributed by atoms with van der Waals surface area (Å²) in [6, 6.07) is 13.3. The van der Waals surface area contributed by atoms with Gasteiger partial charge in [-0.2, -0.15) is 10.3 Å². The molecule has 0 bridgehead atoms. The summed E-state index contributed by atoms with van der Waals surface area (Å²) in [5.74, 6) is 1.28. The van der Waals surface area contributed by atoms with Gasteiger partial charge < -0.3 is 14.8 Å². The van der Waals surface area contributed by atoms with Gasteiger partial charge in [-0.3, -0.25) is 4.79 Å². The number of amidine groups is 1. The van der Waals surface area contributed by atoms with Crippen LogP contribution in [0.3, 0.4) is 0 Å². The van der Waals surface area contributed by atoms with Crippen LogP contribution in [0.15, 0.2) is 41.4 Å². The van der Waals surface area contributed by atoms with Gasteiger partial charge in [0.2, 0.25) is 12.1 Å². The van der Waals surface area contributed by atoms with Crippen molar-refractivity contribution in [1.29, 1.82) is 5.26 Å². The van der Waals surface area contributed by atoms with E-state index in [0.717, 1.165) is 74.5 Å². The fraction of sp³-hybridized carbons (Fsp3) is 0.469. The average molecular weight is 510 g/mol. The van der Waals surface area contributed by atoms with Crippen molar-refractivity contribution < 1.29 is 4.79 Å². The van der Waals surface area contributed by atoms with Gasteiger partial charge >= 0.3 is 0 Å². The zero-order chi connectivity index (χ0) is 27.0. The van der Waals surface area contributed by atoms with E-state index in [1.54, 1.807) is 0 Å². The third-order valence-electron chi connectivity index (χ3n) is 8.50. The predicted molar refractivity (Wildman–Crippen MR) is 154 cm³/mol. The Balaban J connectivity index is 1.65. The highest BCUT2D eigenvalue weighted by Gasteiger charge is 2.36. The normalized spacial score (nSPS) is 18.7. The number of amides is 1. The number of piperidine rings is 1. The molecular formula is C32H39N5O. The van der Waals surface area contributed by atoms with Crippen molar-refractivity contribution in [3.05, 3.63) is 58.7 Å². The number of benzene rings is 2. The van der Waals surface area contributed by atoms with Crippen molar-refractivity contribution in [3.63, 3.8) is 0 Å². The first-order valence-corrected chi connectivity index (χ1v) is 13.9. The molecule has 0 spiro atoms. The number of fused-ring (bicyclic) bond motifs is 1. The van der Waals surface area contributed by atoms with Crippen LogP contribution in [0.25, 0.3) is 22.2 Å². The second-order valence-electron chi connectivity index (χ2n) is 11.7. The molecule has 1 N–H and O–H groups in total. The fourth-order valence-corrected chi connectivity index (χ4v) is 6.46.